The molecule has 3 rings (SSSR count). The number of hydrogen-bond acceptors (Lipinski definition) is 2. The molecule has 0 atom stereocenters. The van der Waals surface area contributed by atoms with Gasteiger partial charge in [0.25, 0.3) is 0 Å². The van der Waals surface area contributed by atoms with E-state index in [0.717, 1.165) is 23.7 Å². The first kappa shape index (κ1) is 20.6. The molecule has 0 amide bonds. The second kappa shape index (κ2) is 8.11. The second-order valence-electron chi connectivity index (χ2n) is 11.2. The van der Waals surface area contributed by atoms with Crippen molar-refractivity contribution in [1.29, 1.82) is 0 Å². The van der Waals surface area contributed by atoms with Crippen LogP contribution in [0.5, 0.6) is 0 Å². The lowest BCUT2D eigenvalue weighted by Gasteiger charge is -2.54. The van der Waals surface area contributed by atoms with E-state index in [0.29, 0.717) is 22.9 Å². The summed E-state index contributed by atoms with van der Waals surface area (Å²) in [5.41, 5.74) is 13.5. The smallest absolute Gasteiger partial charge is 0.00390 e. The third-order valence-electron chi connectivity index (χ3n) is 9.53. The Morgan fingerprint density at radius 2 is 1.12 bits per heavy atom. The molecule has 2 heteroatoms. The fourth-order valence-corrected chi connectivity index (χ4v) is 7.25. The van der Waals surface area contributed by atoms with E-state index in [1.54, 1.807) is 0 Å². The summed E-state index contributed by atoms with van der Waals surface area (Å²) in [4.78, 5) is 0. The first-order chi connectivity index (χ1) is 12.3. The molecule has 3 aliphatic rings. The highest BCUT2D eigenvalue weighted by molar-refractivity contribution is 4.99. The van der Waals surface area contributed by atoms with E-state index in [1.165, 1.54) is 77.0 Å². The van der Waals surface area contributed by atoms with Gasteiger partial charge in [-0.1, -0.05) is 27.7 Å². The van der Waals surface area contributed by atoms with Gasteiger partial charge in [0.15, 0.2) is 0 Å². The Bertz CT molecular complexity index is 431. The van der Waals surface area contributed by atoms with Crippen LogP contribution >= 0.6 is 0 Å². The topological polar surface area (TPSA) is 52.0 Å². The van der Waals surface area contributed by atoms with Crippen LogP contribution in [0.2, 0.25) is 0 Å². The minimum atomic E-state index is 0.472. The van der Waals surface area contributed by atoms with E-state index in [9.17, 15) is 0 Å². The van der Waals surface area contributed by atoms with E-state index < -0.39 is 0 Å². The van der Waals surface area contributed by atoms with Gasteiger partial charge in [-0.05, 0) is 112 Å². The molecule has 3 saturated carbocycles. The van der Waals surface area contributed by atoms with Crippen molar-refractivity contribution in [2.45, 2.75) is 117 Å². The Morgan fingerprint density at radius 3 is 1.58 bits per heavy atom. The van der Waals surface area contributed by atoms with Crippen LogP contribution in [-0.4, -0.2) is 12.1 Å². The zero-order valence-corrected chi connectivity index (χ0v) is 18.1. The third kappa shape index (κ3) is 4.02. The lowest BCUT2D eigenvalue weighted by Crippen LogP contribution is -2.46. The molecule has 3 fully saturated rings. The molecular weight excluding hydrogens is 316 g/mol. The molecule has 26 heavy (non-hydrogen) atoms. The summed E-state index contributed by atoms with van der Waals surface area (Å²) in [5.74, 6) is 3.56. The average Bonchev–Trinajstić information content (AvgIpc) is 2.62. The van der Waals surface area contributed by atoms with Crippen LogP contribution in [0, 0.1) is 34.5 Å². The van der Waals surface area contributed by atoms with Crippen molar-refractivity contribution in [3.63, 3.8) is 0 Å². The van der Waals surface area contributed by atoms with Crippen LogP contribution in [0.1, 0.15) is 105 Å². The molecule has 0 unspecified atom stereocenters. The lowest BCUT2D eigenvalue weighted by atomic mass is 9.51. The zero-order valence-electron chi connectivity index (χ0n) is 18.1. The summed E-state index contributed by atoms with van der Waals surface area (Å²) in [7, 11) is 0. The largest absolute Gasteiger partial charge is 0.328 e. The highest BCUT2D eigenvalue weighted by Gasteiger charge is 2.48. The average molecular weight is 363 g/mol. The van der Waals surface area contributed by atoms with Crippen LogP contribution < -0.4 is 11.5 Å². The summed E-state index contributed by atoms with van der Waals surface area (Å²) < 4.78 is 0. The van der Waals surface area contributed by atoms with Gasteiger partial charge in [-0.25, -0.2) is 0 Å². The first-order valence-electron chi connectivity index (χ1n) is 11.8. The summed E-state index contributed by atoms with van der Waals surface area (Å²) in [5, 5.41) is 0. The maximum absolute atomic E-state index is 6.21. The number of hydrogen-bond donors (Lipinski definition) is 2. The molecule has 0 aromatic rings. The molecule has 0 heterocycles. The van der Waals surface area contributed by atoms with Crippen LogP contribution in [0.3, 0.4) is 0 Å². The fourth-order valence-electron chi connectivity index (χ4n) is 7.25. The Morgan fingerprint density at radius 1 is 0.692 bits per heavy atom. The molecule has 0 saturated heterocycles. The van der Waals surface area contributed by atoms with E-state index in [4.69, 9.17) is 11.5 Å². The third-order valence-corrected chi connectivity index (χ3v) is 9.53. The quantitative estimate of drug-likeness (QED) is 0.656. The maximum atomic E-state index is 6.21. The Balaban J connectivity index is 1.64. The number of nitrogens with two attached hydrogens (primary N) is 2. The molecule has 0 radical (unpaired) electrons. The minimum absolute atomic E-state index is 0.472. The molecule has 0 aromatic heterocycles. The minimum Gasteiger partial charge on any atom is -0.328 e. The van der Waals surface area contributed by atoms with Crippen LogP contribution in [0.4, 0.5) is 0 Å². The Kier molecular flexibility index (Phi) is 6.44. The van der Waals surface area contributed by atoms with Gasteiger partial charge < -0.3 is 11.5 Å². The Hall–Kier alpha value is -0.0800. The van der Waals surface area contributed by atoms with Crippen molar-refractivity contribution >= 4 is 0 Å². The van der Waals surface area contributed by atoms with Crippen LogP contribution in [0.25, 0.3) is 0 Å². The summed E-state index contributed by atoms with van der Waals surface area (Å²) >= 11 is 0. The number of rotatable bonds is 4. The molecule has 0 aromatic carbocycles. The molecule has 0 aliphatic heterocycles. The normalized spacial score (nSPS) is 42.8. The van der Waals surface area contributed by atoms with Crippen LogP contribution in [-0.2, 0) is 0 Å². The monoisotopic (exact) mass is 362 g/mol. The van der Waals surface area contributed by atoms with Gasteiger partial charge in [0.2, 0.25) is 0 Å². The zero-order chi connectivity index (χ0) is 18.9. The van der Waals surface area contributed by atoms with Crippen molar-refractivity contribution in [2.24, 2.45) is 46.0 Å². The standard InChI is InChI=1S/C24H46N2/c1-17(2)24(20-7-11-22(26)12-8-20)15-13-19(14-16-24)23(3,4)18-5-9-21(25)10-6-18/h17-22H,5-16,25-26H2,1-4H3. The van der Waals surface area contributed by atoms with Gasteiger partial charge in [-0.2, -0.15) is 0 Å². The maximum Gasteiger partial charge on any atom is 0.00390 e. The SMILES string of the molecule is CC(C)C1(C2CCC(N)CC2)CCC(C(C)(C)C2CCC(N)CC2)CC1. The molecule has 2 nitrogen and oxygen atoms in total. The van der Waals surface area contributed by atoms with Gasteiger partial charge in [-0.3, -0.25) is 0 Å². The lowest BCUT2D eigenvalue weighted by molar-refractivity contribution is -0.0364. The van der Waals surface area contributed by atoms with Gasteiger partial charge in [0, 0.05) is 12.1 Å². The van der Waals surface area contributed by atoms with Crippen LogP contribution in [0.15, 0.2) is 0 Å². The molecule has 3 aliphatic carbocycles. The first-order valence-corrected chi connectivity index (χ1v) is 11.8. The predicted molar refractivity (Wildman–Crippen MR) is 113 cm³/mol. The summed E-state index contributed by atoms with van der Waals surface area (Å²) in [6.07, 6.45) is 16.3. The van der Waals surface area contributed by atoms with Gasteiger partial charge in [0.1, 0.15) is 0 Å². The Labute approximate surface area is 163 Å². The van der Waals surface area contributed by atoms with Crippen molar-refractivity contribution in [2.75, 3.05) is 0 Å². The molecular formula is C24H46N2. The summed E-state index contributed by atoms with van der Waals surface area (Å²) in [6, 6.07) is 0.947. The highest BCUT2D eigenvalue weighted by atomic mass is 14.7. The highest BCUT2D eigenvalue weighted by Crippen LogP contribution is 2.57. The van der Waals surface area contributed by atoms with E-state index in [-0.39, 0.29) is 0 Å². The van der Waals surface area contributed by atoms with Crippen molar-refractivity contribution < 1.29 is 0 Å². The van der Waals surface area contributed by atoms with Gasteiger partial charge in [-0.15, -0.1) is 0 Å². The second-order valence-corrected chi connectivity index (χ2v) is 11.2. The molecule has 152 valence electrons. The molecule has 0 bridgehead atoms. The predicted octanol–water partition coefficient (Wildman–Crippen LogP) is 5.88. The van der Waals surface area contributed by atoms with E-state index in [1.807, 2.05) is 0 Å². The van der Waals surface area contributed by atoms with Crippen molar-refractivity contribution in [3.8, 4) is 0 Å². The van der Waals surface area contributed by atoms with E-state index >= 15 is 0 Å². The van der Waals surface area contributed by atoms with Gasteiger partial charge >= 0.3 is 0 Å². The molecule has 4 N–H and O–H groups in total. The van der Waals surface area contributed by atoms with E-state index in [2.05, 4.69) is 27.7 Å². The summed E-state index contributed by atoms with van der Waals surface area (Å²) in [6.45, 7) is 10.2. The van der Waals surface area contributed by atoms with Crippen molar-refractivity contribution in [1.82, 2.24) is 0 Å². The van der Waals surface area contributed by atoms with Crippen molar-refractivity contribution in [3.05, 3.63) is 0 Å². The van der Waals surface area contributed by atoms with Gasteiger partial charge in [0.05, 0.1) is 0 Å². The molecule has 0 spiro atoms. The fraction of sp³-hybridized carbons (Fsp3) is 1.00.